The van der Waals surface area contributed by atoms with Crippen molar-refractivity contribution in [3.63, 3.8) is 0 Å². The lowest BCUT2D eigenvalue weighted by Gasteiger charge is -2.12. The van der Waals surface area contributed by atoms with Gasteiger partial charge in [-0.1, -0.05) is 54.6 Å². The summed E-state index contributed by atoms with van der Waals surface area (Å²) >= 11 is 0. The highest BCUT2D eigenvalue weighted by molar-refractivity contribution is 6.00. The van der Waals surface area contributed by atoms with Crippen LogP contribution in [0.2, 0.25) is 0 Å². The number of benzene rings is 3. The molecule has 0 bridgehead atoms. The SMILES string of the molecule is CC(=O)c1ccccc1-c1ccc2c(c1)C[C@H](CNC(=O)Cc1ccccc1C)O2. The quantitative estimate of drug-likeness (QED) is 0.620. The number of ether oxygens (including phenoxy) is 1. The highest BCUT2D eigenvalue weighted by atomic mass is 16.5. The average molecular weight is 399 g/mol. The first-order valence-electron chi connectivity index (χ1n) is 10.2. The fourth-order valence-electron chi connectivity index (χ4n) is 3.92. The fourth-order valence-corrected chi connectivity index (χ4v) is 3.92. The second-order valence-electron chi connectivity index (χ2n) is 7.78. The Morgan fingerprint density at radius 1 is 1.03 bits per heavy atom. The maximum atomic E-state index is 12.3. The molecule has 4 rings (SSSR count). The Morgan fingerprint density at radius 3 is 2.60 bits per heavy atom. The van der Waals surface area contributed by atoms with E-state index < -0.39 is 0 Å². The van der Waals surface area contributed by atoms with Crippen LogP contribution in [-0.2, 0) is 17.6 Å². The Kier molecular flexibility index (Phi) is 5.66. The molecular weight excluding hydrogens is 374 g/mol. The molecule has 1 aliphatic rings. The molecule has 1 heterocycles. The molecule has 1 amide bonds. The molecule has 1 atom stereocenters. The van der Waals surface area contributed by atoms with Gasteiger partial charge in [-0.3, -0.25) is 9.59 Å². The Balaban J connectivity index is 1.40. The molecule has 0 radical (unpaired) electrons. The third-order valence-electron chi connectivity index (χ3n) is 5.56. The summed E-state index contributed by atoms with van der Waals surface area (Å²) in [5, 5.41) is 3.00. The van der Waals surface area contributed by atoms with Crippen LogP contribution in [-0.4, -0.2) is 24.3 Å². The van der Waals surface area contributed by atoms with E-state index in [0.717, 1.165) is 45.6 Å². The van der Waals surface area contributed by atoms with Crippen LogP contribution in [0, 0.1) is 6.92 Å². The molecule has 0 unspecified atom stereocenters. The number of hydrogen-bond donors (Lipinski definition) is 1. The minimum atomic E-state index is -0.0841. The van der Waals surface area contributed by atoms with E-state index in [1.54, 1.807) is 6.92 Å². The van der Waals surface area contributed by atoms with Crippen LogP contribution in [0.1, 0.15) is 34.0 Å². The summed E-state index contributed by atoms with van der Waals surface area (Å²) in [6.45, 7) is 4.07. The maximum Gasteiger partial charge on any atom is 0.224 e. The summed E-state index contributed by atoms with van der Waals surface area (Å²) in [5.41, 5.74) is 5.92. The zero-order valence-electron chi connectivity index (χ0n) is 17.3. The first-order valence-corrected chi connectivity index (χ1v) is 10.2. The summed E-state index contributed by atoms with van der Waals surface area (Å²) in [4.78, 5) is 24.3. The lowest BCUT2D eigenvalue weighted by Crippen LogP contribution is -2.35. The van der Waals surface area contributed by atoms with Crippen molar-refractivity contribution < 1.29 is 14.3 Å². The highest BCUT2D eigenvalue weighted by Gasteiger charge is 2.24. The molecule has 1 aliphatic heterocycles. The molecule has 0 spiro atoms. The Bertz CT molecular complexity index is 1100. The molecule has 0 fully saturated rings. The van der Waals surface area contributed by atoms with Crippen molar-refractivity contribution in [1.29, 1.82) is 0 Å². The maximum absolute atomic E-state index is 12.3. The lowest BCUT2D eigenvalue weighted by molar-refractivity contribution is -0.120. The van der Waals surface area contributed by atoms with E-state index in [2.05, 4.69) is 11.4 Å². The second kappa shape index (κ2) is 8.54. The van der Waals surface area contributed by atoms with E-state index >= 15 is 0 Å². The smallest absolute Gasteiger partial charge is 0.224 e. The molecule has 0 aliphatic carbocycles. The zero-order valence-corrected chi connectivity index (χ0v) is 17.3. The summed E-state index contributed by atoms with van der Waals surface area (Å²) < 4.78 is 6.02. The molecule has 0 saturated carbocycles. The van der Waals surface area contributed by atoms with Gasteiger partial charge in [0.2, 0.25) is 5.91 Å². The minimum Gasteiger partial charge on any atom is -0.488 e. The standard InChI is InChI=1S/C26H25NO3/c1-17-7-3-4-8-19(17)15-26(29)27-16-22-14-21-13-20(11-12-25(21)30-22)24-10-6-5-9-23(24)18(2)28/h3-13,22H,14-16H2,1-2H3,(H,27,29)/t22-/m1/s1. The zero-order chi connectivity index (χ0) is 21.1. The van der Waals surface area contributed by atoms with Gasteiger partial charge < -0.3 is 10.1 Å². The third-order valence-corrected chi connectivity index (χ3v) is 5.56. The van der Waals surface area contributed by atoms with Gasteiger partial charge in [0.15, 0.2) is 5.78 Å². The van der Waals surface area contributed by atoms with Crippen molar-refractivity contribution >= 4 is 11.7 Å². The van der Waals surface area contributed by atoms with Crippen LogP contribution in [0.25, 0.3) is 11.1 Å². The van der Waals surface area contributed by atoms with Gasteiger partial charge in [0.1, 0.15) is 11.9 Å². The van der Waals surface area contributed by atoms with Gasteiger partial charge in [0.25, 0.3) is 0 Å². The second-order valence-corrected chi connectivity index (χ2v) is 7.78. The Morgan fingerprint density at radius 2 is 1.80 bits per heavy atom. The number of fused-ring (bicyclic) bond motifs is 1. The van der Waals surface area contributed by atoms with Crippen LogP contribution in [0.5, 0.6) is 5.75 Å². The van der Waals surface area contributed by atoms with Crippen molar-refractivity contribution in [2.45, 2.75) is 32.8 Å². The van der Waals surface area contributed by atoms with Gasteiger partial charge in [0, 0.05) is 12.0 Å². The van der Waals surface area contributed by atoms with Crippen molar-refractivity contribution in [2.24, 2.45) is 0 Å². The molecule has 4 nitrogen and oxygen atoms in total. The van der Waals surface area contributed by atoms with E-state index in [1.165, 1.54) is 0 Å². The first kappa shape index (κ1) is 19.9. The van der Waals surface area contributed by atoms with Gasteiger partial charge in [-0.15, -0.1) is 0 Å². The van der Waals surface area contributed by atoms with Crippen LogP contribution in [0.4, 0.5) is 0 Å². The topological polar surface area (TPSA) is 55.4 Å². The minimum absolute atomic E-state index is 0.0000642. The molecule has 0 saturated heterocycles. The molecule has 3 aromatic rings. The van der Waals surface area contributed by atoms with Gasteiger partial charge >= 0.3 is 0 Å². The normalized spacial score (nSPS) is 14.7. The van der Waals surface area contributed by atoms with E-state index in [-0.39, 0.29) is 17.8 Å². The lowest BCUT2D eigenvalue weighted by atomic mass is 9.95. The van der Waals surface area contributed by atoms with Crippen LogP contribution in [0.15, 0.2) is 66.7 Å². The summed E-state index contributed by atoms with van der Waals surface area (Å²) in [6, 6.07) is 21.6. The predicted molar refractivity (Wildman–Crippen MR) is 118 cm³/mol. The first-order chi connectivity index (χ1) is 14.5. The summed E-state index contributed by atoms with van der Waals surface area (Å²) in [7, 11) is 0. The van der Waals surface area contributed by atoms with Crippen molar-refractivity contribution in [1.82, 2.24) is 5.32 Å². The number of amides is 1. The number of hydrogen-bond acceptors (Lipinski definition) is 3. The van der Waals surface area contributed by atoms with Crippen LogP contribution in [0.3, 0.4) is 0 Å². The number of aryl methyl sites for hydroxylation is 1. The average Bonchev–Trinajstić information content (AvgIpc) is 3.16. The largest absolute Gasteiger partial charge is 0.488 e. The molecule has 152 valence electrons. The molecule has 3 aromatic carbocycles. The number of Topliss-reactive ketones (excluding diaryl/α,β-unsaturated/α-hetero) is 1. The monoisotopic (exact) mass is 399 g/mol. The Hall–Kier alpha value is -3.40. The van der Waals surface area contributed by atoms with Gasteiger partial charge in [-0.05, 0) is 53.8 Å². The number of nitrogens with one attached hydrogen (secondary N) is 1. The van der Waals surface area contributed by atoms with Crippen LogP contribution < -0.4 is 10.1 Å². The predicted octanol–water partition coefficient (Wildman–Crippen LogP) is 4.53. The van der Waals surface area contributed by atoms with Crippen molar-refractivity contribution in [2.75, 3.05) is 6.54 Å². The van der Waals surface area contributed by atoms with E-state index in [0.29, 0.717) is 13.0 Å². The summed E-state index contributed by atoms with van der Waals surface area (Å²) in [5.74, 6) is 0.897. The van der Waals surface area contributed by atoms with Gasteiger partial charge in [0.05, 0.1) is 13.0 Å². The van der Waals surface area contributed by atoms with E-state index in [1.807, 2.05) is 67.6 Å². The molecule has 4 heteroatoms. The van der Waals surface area contributed by atoms with Gasteiger partial charge in [-0.2, -0.15) is 0 Å². The highest BCUT2D eigenvalue weighted by Crippen LogP contribution is 2.34. The molecule has 0 aromatic heterocycles. The van der Waals surface area contributed by atoms with E-state index in [9.17, 15) is 9.59 Å². The number of carbonyl (C=O) groups is 2. The van der Waals surface area contributed by atoms with Crippen LogP contribution >= 0.6 is 0 Å². The van der Waals surface area contributed by atoms with E-state index in [4.69, 9.17) is 4.74 Å². The molecular formula is C26H25NO3. The number of carbonyl (C=O) groups excluding carboxylic acids is 2. The summed E-state index contributed by atoms with van der Waals surface area (Å²) in [6.07, 6.45) is 1.02. The Labute approximate surface area is 176 Å². The number of rotatable bonds is 6. The number of ketones is 1. The molecule has 1 N–H and O–H groups in total. The van der Waals surface area contributed by atoms with Crippen molar-refractivity contribution in [3.05, 3.63) is 89.0 Å². The van der Waals surface area contributed by atoms with Crippen molar-refractivity contribution in [3.8, 4) is 16.9 Å². The molecule has 30 heavy (non-hydrogen) atoms. The van der Waals surface area contributed by atoms with Gasteiger partial charge in [-0.25, -0.2) is 0 Å². The fraction of sp³-hybridized carbons (Fsp3) is 0.231. The third kappa shape index (κ3) is 4.28.